The van der Waals surface area contributed by atoms with Gasteiger partial charge < -0.3 is 14.2 Å². The lowest BCUT2D eigenvalue weighted by Crippen LogP contribution is -2.39. The molecule has 2 aromatic carbocycles. The maximum atomic E-state index is 13.5. The topological polar surface area (TPSA) is 64.1 Å². The highest BCUT2D eigenvalue weighted by atomic mass is 35.5. The average Bonchev–Trinajstić information content (AvgIpc) is 3.27. The second-order valence-electron chi connectivity index (χ2n) is 7.42. The molecule has 0 unspecified atom stereocenters. The Morgan fingerprint density at radius 3 is 2.50 bits per heavy atom. The first-order valence-corrected chi connectivity index (χ1v) is 11.7. The zero-order valence-corrected chi connectivity index (χ0v) is 19.7. The average molecular weight is 476 g/mol. The molecule has 9 heteroatoms. The van der Waals surface area contributed by atoms with Crippen LogP contribution >= 0.6 is 22.9 Å². The zero-order chi connectivity index (χ0) is 22.5. The van der Waals surface area contributed by atoms with Crippen molar-refractivity contribution in [2.24, 2.45) is 0 Å². The van der Waals surface area contributed by atoms with E-state index in [0.717, 1.165) is 44.0 Å². The van der Waals surface area contributed by atoms with E-state index in [1.165, 1.54) is 11.3 Å². The SMILES string of the molecule is COc1ccc(OC)c2sc(N(CCCN3CCOCC3)C(=O)c3ccc(Cl)cc3)nc12. The predicted octanol–water partition coefficient (Wildman–Crippen LogP) is 4.34. The van der Waals surface area contributed by atoms with Crippen LogP contribution in [0.3, 0.4) is 0 Å². The first kappa shape index (κ1) is 22.8. The Labute approximate surface area is 196 Å². The van der Waals surface area contributed by atoms with Gasteiger partial charge in [0.1, 0.15) is 21.7 Å². The summed E-state index contributed by atoms with van der Waals surface area (Å²) in [5, 5.41) is 1.21. The number of halogens is 1. The number of hydrogen-bond donors (Lipinski definition) is 0. The largest absolute Gasteiger partial charge is 0.495 e. The molecule has 1 aliphatic heterocycles. The van der Waals surface area contributed by atoms with Crippen molar-refractivity contribution < 1.29 is 19.0 Å². The molecular formula is C23H26ClN3O4S. The lowest BCUT2D eigenvalue weighted by Gasteiger charge is -2.27. The van der Waals surface area contributed by atoms with E-state index in [2.05, 4.69) is 4.90 Å². The number of nitrogens with zero attached hydrogens (tertiary/aromatic N) is 3. The molecular weight excluding hydrogens is 450 g/mol. The molecule has 1 amide bonds. The number of fused-ring (bicyclic) bond motifs is 1. The minimum atomic E-state index is -0.111. The van der Waals surface area contributed by atoms with Gasteiger partial charge in [0.2, 0.25) is 0 Å². The second kappa shape index (κ2) is 10.5. The normalized spacial score (nSPS) is 14.5. The molecule has 0 radical (unpaired) electrons. The highest BCUT2D eigenvalue weighted by molar-refractivity contribution is 7.22. The van der Waals surface area contributed by atoms with Crippen LogP contribution in [0.5, 0.6) is 11.5 Å². The van der Waals surface area contributed by atoms with Crippen molar-refractivity contribution in [1.29, 1.82) is 0 Å². The summed E-state index contributed by atoms with van der Waals surface area (Å²) in [6.45, 7) is 4.78. The van der Waals surface area contributed by atoms with E-state index in [-0.39, 0.29) is 5.91 Å². The number of rotatable bonds is 8. The van der Waals surface area contributed by atoms with Gasteiger partial charge in [-0.1, -0.05) is 22.9 Å². The van der Waals surface area contributed by atoms with Crippen LogP contribution in [-0.2, 0) is 4.74 Å². The van der Waals surface area contributed by atoms with E-state index in [1.54, 1.807) is 43.4 Å². The van der Waals surface area contributed by atoms with Crippen molar-refractivity contribution in [3.8, 4) is 11.5 Å². The molecule has 0 saturated carbocycles. The van der Waals surface area contributed by atoms with Crippen molar-refractivity contribution >= 4 is 44.2 Å². The van der Waals surface area contributed by atoms with Gasteiger partial charge in [-0.3, -0.25) is 14.6 Å². The molecule has 1 saturated heterocycles. The first-order chi connectivity index (χ1) is 15.6. The molecule has 32 heavy (non-hydrogen) atoms. The number of carbonyl (C=O) groups excluding carboxylic acids is 1. The number of aromatic nitrogens is 1. The first-order valence-electron chi connectivity index (χ1n) is 10.5. The fourth-order valence-corrected chi connectivity index (χ4v) is 4.92. The number of amides is 1. The Morgan fingerprint density at radius 2 is 1.81 bits per heavy atom. The maximum Gasteiger partial charge on any atom is 0.260 e. The van der Waals surface area contributed by atoms with Crippen LogP contribution in [0.15, 0.2) is 36.4 Å². The van der Waals surface area contributed by atoms with Gasteiger partial charge in [0.05, 0.1) is 27.4 Å². The molecule has 0 bridgehead atoms. The minimum absolute atomic E-state index is 0.111. The van der Waals surface area contributed by atoms with Crippen molar-refractivity contribution in [3.63, 3.8) is 0 Å². The molecule has 4 rings (SSSR count). The smallest absolute Gasteiger partial charge is 0.260 e. The van der Waals surface area contributed by atoms with Crippen LogP contribution in [0, 0.1) is 0 Å². The number of morpholine rings is 1. The van der Waals surface area contributed by atoms with E-state index in [1.807, 2.05) is 12.1 Å². The number of anilines is 1. The van der Waals surface area contributed by atoms with Crippen LogP contribution in [0.4, 0.5) is 5.13 Å². The molecule has 0 spiro atoms. The monoisotopic (exact) mass is 475 g/mol. The van der Waals surface area contributed by atoms with Gasteiger partial charge in [-0.25, -0.2) is 4.98 Å². The standard InChI is InChI=1S/C23H26ClN3O4S/c1-29-18-8-9-19(30-2)21-20(18)25-23(32-21)27(11-3-10-26-12-14-31-15-13-26)22(28)16-4-6-17(24)7-5-16/h4-9H,3,10-15H2,1-2H3. The summed E-state index contributed by atoms with van der Waals surface area (Å²) >= 11 is 7.45. The van der Waals surface area contributed by atoms with Crippen molar-refractivity contribution in [2.75, 3.05) is 58.5 Å². The van der Waals surface area contributed by atoms with E-state index >= 15 is 0 Å². The number of ether oxygens (including phenoxy) is 3. The van der Waals surface area contributed by atoms with Crippen molar-refractivity contribution in [3.05, 3.63) is 47.0 Å². The molecule has 1 aliphatic rings. The number of benzene rings is 2. The summed E-state index contributed by atoms with van der Waals surface area (Å²) in [7, 11) is 3.23. The Kier molecular flexibility index (Phi) is 7.47. The molecule has 3 aromatic rings. The zero-order valence-electron chi connectivity index (χ0n) is 18.2. The second-order valence-corrected chi connectivity index (χ2v) is 8.83. The quantitative estimate of drug-likeness (QED) is 0.483. The number of thiazole rings is 1. The van der Waals surface area contributed by atoms with E-state index < -0.39 is 0 Å². The third-order valence-electron chi connectivity index (χ3n) is 5.43. The van der Waals surface area contributed by atoms with Gasteiger partial charge >= 0.3 is 0 Å². The number of methoxy groups -OCH3 is 2. The fourth-order valence-electron chi connectivity index (χ4n) is 3.70. The van der Waals surface area contributed by atoms with Crippen LogP contribution in [0.2, 0.25) is 5.02 Å². The summed E-state index contributed by atoms with van der Waals surface area (Å²) in [6.07, 6.45) is 0.823. The van der Waals surface area contributed by atoms with Crippen molar-refractivity contribution in [2.45, 2.75) is 6.42 Å². The highest BCUT2D eigenvalue weighted by Gasteiger charge is 2.24. The molecule has 0 N–H and O–H groups in total. The van der Waals surface area contributed by atoms with Gasteiger partial charge in [0, 0.05) is 36.8 Å². The predicted molar refractivity (Wildman–Crippen MR) is 128 cm³/mol. The van der Waals surface area contributed by atoms with Crippen LogP contribution in [0.1, 0.15) is 16.8 Å². The summed E-state index contributed by atoms with van der Waals surface area (Å²) < 4.78 is 17.3. The number of carbonyl (C=O) groups is 1. The Bertz CT molecular complexity index is 1030. The molecule has 170 valence electrons. The van der Waals surface area contributed by atoms with Gasteiger partial charge in [-0.15, -0.1) is 0 Å². The van der Waals surface area contributed by atoms with E-state index in [0.29, 0.717) is 39.3 Å². The van der Waals surface area contributed by atoms with Gasteiger partial charge in [-0.2, -0.15) is 0 Å². The highest BCUT2D eigenvalue weighted by Crippen LogP contribution is 2.40. The fraction of sp³-hybridized carbons (Fsp3) is 0.391. The van der Waals surface area contributed by atoms with Gasteiger partial charge in [0.15, 0.2) is 5.13 Å². The molecule has 2 heterocycles. The maximum absolute atomic E-state index is 13.5. The van der Waals surface area contributed by atoms with Crippen LogP contribution in [-0.4, -0.2) is 69.4 Å². The Balaban J connectivity index is 1.64. The summed E-state index contributed by atoms with van der Waals surface area (Å²) in [5.41, 5.74) is 1.26. The van der Waals surface area contributed by atoms with E-state index in [9.17, 15) is 4.79 Å². The number of hydrogen-bond acceptors (Lipinski definition) is 7. The van der Waals surface area contributed by atoms with Gasteiger partial charge in [-0.05, 0) is 42.8 Å². The molecule has 7 nitrogen and oxygen atoms in total. The molecule has 0 aliphatic carbocycles. The summed E-state index contributed by atoms with van der Waals surface area (Å²) in [4.78, 5) is 22.4. The van der Waals surface area contributed by atoms with Crippen LogP contribution in [0.25, 0.3) is 10.2 Å². The third kappa shape index (κ3) is 4.99. The van der Waals surface area contributed by atoms with Gasteiger partial charge in [0.25, 0.3) is 5.91 Å². The van der Waals surface area contributed by atoms with Crippen LogP contribution < -0.4 is 14.4 Å². The van der Waals surface area contributed by atoms with E-state index in [4.69, 9.17) is 30.8 Å². The third-order valence-corrected chi connectivity index (χ3v) is 6.77. The summed E-state index contributed by atoms with van der Waals surface area (Å²) in [6, 6.07) is 10.6. The lowest BCUT2D eigenvalue weighted by molar-refractivity contribution is 0.0376. The molecule has 1 fully saturated rings. The molecule has 0 atom stereocenters. The minimum Gasteiger partial charge on any atom is -0.495 e. The van der Waals surface area contributed by atoms with Crippen molar-refractivity contribution in [1.82, 2.24) is 9.88 Å². The Hall–Kier alpha value is -2.39. The lowest BCUT2D eigenvalue weighted by atomic mass is 10.2. The molecule has 1 aromatic heterocycles. The Morgan fingerprint density at radius 1 is 1.12 bits per heavy atom. The summed E-state index contributed by atoms with van der Waals surface area (Å²) in [5.74, 6) is 1.24.